The van der Waals surface area contributed by atoms with Gasteiger partial charge in [-0.3, -0.25) is 9.71 Å². The van der Waals surface area contributed by atoms with Crippen LogP contribution in [-0.2, 0) is 16.4 Å². The fourth-order valence-electron chi connectivity index (χ4n) is 3.14. The Morgan fingerprint density at radius 3 is 2.62 bits per heavy atom. The standard InChI is InChI=1S/C21H16F2N2O2S2/c1-13-9-15(17-12-16(22)5-7-19(17)24-13)10-14-4-6-20(18(23)11-14)25-29(26,27)21-3-2-8-28-21/h2-9,11-12,25H,10H2,1H3. The second-order valence-electron chi connectivity index (χ2n) is 6.61. The van der Waals surface area contributed by atoms with Crippen LogP contribution >= 0.6 is 11.3 Å². The Labute approximate surface area is 170 Å². The van der Waals surface area contributed by atoms with E-state index in [2.05, 4.69) is 9.71 Å². The lowest BCUT2D eigenvalue weighted by molar-refractivity contribution is 0.600. The van der Waals surface area contributed by atoms with Crippen molar-refractivity contribution >= 4 is 38.0 Å². The van der Waals surface area contributed by atoms with Crippen molar-refractivity contribution in [2.75, 3.05) is 4.72 Å². The van der Waals surface area contributed by atoms with Crippen molar-refractivity contribution in [1.82, 2.24) is 4.98 Å². The van der Waals surface area contributed by atoms with Crippen molar-refractivity contribution in [3.05, 3.63) is 88.4 Å². The number of fused-ring (bicyclic) bond motifs is 1. The molecule has 0 atom stereocenters. The second-order valence-corrected chi connectivity index (χ2v) is 9.47. The van der Waals surface area contributed by atoms with E-state index in [1.54, 1.807) is 23.6 Å². The Morgan fingerprint density at radius 2 is 1.90 bits per heavy atom. The van der Waals surface area contributed by atoms with Crippen molar-refractivity contribution in [3.8, 4) is 0 Å². The zero-order valence-corrected chi connectivity index (χ0v) is 16.9. The van der Waals surface area contributed by atoms with E-state index in [1.165, 1.54) is 30.3 Å². The molecule has 0 amide bonds. The molecule has 0 aliphatic carbocycles. The highest BCUT2D eigenvalue weighted by molar-refractivity contribution is 7.94. The third-order valence-electron chi connectivity index (χ3n) is 4.42. The average molecular weight is 431 g/mol. The third kappa shape index (κ3) is 4.13. The van der Waals surface area contributed by atoms with Crippen LogP contribution in [0, 0.1) is 18.6 Å². The van der Waals surface area contributed by atoms with Crippen molar-refractivity contribution in [2.45, 2.75) is 17.6 Å². The summed E-state index contributed by atoms with van der Waals surface area (Å²) in [5.74, 6) is -1.04. The van der Waals surface area contributed by atoms with E-state index < -0.39 is 15.8 Å². The van der Waals surface area contributed by atoms with Gasteiger partial charge in [0.25, 0.3) is 10.0 Å². The summed E-state index contributed by atoms with van der Waals surface area (Å²) in [5.41, 5.74) is 2.78. The molecule has 4 nitrogen and oxygen atoms in total. The first-order valence-corrected chi connectivity index (χ1v) is 11.1. The fraction of sp³-hybridized carbons (Fsp3) is 0.0952. The molecule has 8 heteroatoms. The van der Waals surface area contributed by atoms with Gasteiger partial charge < -0.3 is 0 Å². The van der Waals surface area contributed by atoms with Gasteiger partial charge in [0.2, 0.25) is 0 Å². The molecule has 2 aromatic heterocycles. The molecule has 0 unspecified atom stereocenters. The first-order chi connectivity index (χ1) is 13.8. The Bertz CT molecular complexity index is 1300. The Balaban J connectivity index is 1.64. The predicted octanol–water partition coefficient (Wildman–Crippen LogP) is 5.27. The highest BCUT2D eigenvalue weighted by Gasteiger charge is 2.17. The van der Waals surface area contributed by atoms with E-state index in [0.717, 1.165) is 22.6 Å². The van der Waals surface area contributed by atoms with Crippen LogP contribution in [0.25, 0.3) is 10.9 Å². The summed E-state index contributed by atoms with van der Waals surface area (Å²) in [5, 5.41) is 2.30. The molecule has 0 radical (unpaired) electrons. The summed E-state index contributed by atoms with van der Waals surface area (Å²) >= 11 is 1.05. The lowest BCUT2D eigenvalue weighted by Gasteiger charge is -2.11. The molecule has 0 aliphatic heterocycles. The number of aromatic nitrogens is 1. The first-order valence-electron chi connectivity index (χ1n) is 8.72. The van der Waals surface area contributed by atoms with E-state index in [1.807, 2.05) is 13.0 Å². The molecule has 0 saturated heterocycles. The Morgan fingerprint density at radius 1 is 1.07 bits per heavy atom. The van der Waals surface area contributed by atoms with E-state index in [4.69, 9.17) is 0 Å². The maximum absolute atomic E-state index is 14.6. The maximum atomic E-state index is 14.6. The summed E-state index contributed by atoms with van der Waals surface area (Å²) in [4.78, 5) is 4.40. The number of anilines is 1. The molecule has 0 spiro atoms. The fourth-order valence-corrected chi connectivity index (χ4v) is 5.20. The van der Waals surface area contributed by atoms with Crippen LogP contribution in [0.1, 0.15) is 16.8 Å². The molecule has 29 heavy (non-hydrogen) atoms. The lowest BCUT2D eigenvalue weighted by Crippen LogP contribution is -2.12. The van der Waals surface area contributed by atoms with Crippen molar-refractivity contribution in [1.29, 1.82) is 0 Å². The summed E-state index contributed by atoms with van der Waals surface area (Å²) in [6.45, 7) is 1.84. The van der Waals surface area contributed by atoms with Gasteiger partial charge in [-0.05, 0) is 72.3 Å². The van der Waals surface area contributed by atoms with Crippen molar-refractivity contribution < 1.29 is 17.2 Å². The number of hydrogen-bond donors (Lipinski definition) is 1. The van der Waals surface area contributed by atoms with Gasteiger partial charge in [-0.25, -0.2) is 17.2 Å². The minimum atomic E-state index is -3.82. The number of nitrogens with zero attached hydrogens (tertiary/aromatic N) is 1. The van der Waals surface area contributed by atoms with E-state index in [0.29, 0.717) is 22.9 Å². The Kier molecular flexibility index (Phi) is 5.06. The summed E-state index contributed by atoms with van der Waals surface area (Å²) in [6.07, 6.45) is 0.359. The molecule has 4 aromatic rings. The average Bonchev–Trinajstić information content (AvgIpc) is 3.20. The number of halogens is 2. The van der Waals surface area contributed by atoms with Crippen LogP contribution in [0.4, 0.5) is 14.5 Å². The van der Waals surface area contributed by atoms with Crippen LogP contribution in [0.15, 0.2) is 64.2 Å². The number of aryl methyl sites for hydroxylation is 1. The number of nitrogens with one attached hydrogen (secondary N) is 1. The summed E-state index contributed by atoms with van der Waals surface area (Å²) in [7, 11) is -3.82. The Hall–Kier alpha value is -2.84. The monoisotopic (exact) mass is 430 g/mol. The number of rotatable bonds is 5. The highest BCUT2D eigenvalue weighted by Crippen LogP contribution is 2.26. The van der Waals surface area contributed by atoms with E-state index in [-0.39, 0.29) is 15.7 Å². The predicted molar refractivity (Wildman–Crippen MR) is 111 cm³/mol. The maximum Gasteiger partial charge on any atom is 0.271 e. The molecule has 2 aromatic carbocycles. The molecule has 0 fully saturated rings. The van der Waals surface area contributed by atoms with Crippen LogP contribution in [0.5, 0.6) is 0 Å². The molecule has 0 saturated carbocycles. The molecular weight excluding hydrogens is 414 g/mol. The van der Waals surface area contributed by atoms with Gasteiger partial charge >= 0.3 is 0 Å². The third-order valence-corrected chi connectivity index (χ3v) is 7.18. The van der Waals surface area contributed by atoms with Crippen molar-refractivity contribution in [2.24, 2.45) is 0 Å². The van der Waals surface area contributed by atoms with Gasteiger partial charge in [-0.2, -0.15) is 0 Å². The second kappa shape index (κ2) is 7.53. The van der Waals surface area contributed by atoms with Gasteiger partial charge in [0.05, 0.1) is 11.2 Å². The molecule has 4 rings (SSSR count). The van der Waals surface area contributed by atoms with Gasteiger partial charge in [-0.1, -0.05) is 12.1 Å². The van der Waals surface area contributed by atoms with E-state index in [9.17, 15) is 17.2 Å². The minimum absolute atomic E-state index is 0.113. The number of benzene rings is 2. The largest absolute Gasteiger partial charge is 0.276 e. The summed E-state index contributed by atoms with van der Waals surface area (Å²) in [6, 6.07) is 13.6. The van der Waals surface area contributed by atoms with Crippen LogP contribution < -0.4 is 4.72 Å². The molecular formula is C21H16F2N2O2S2. The molecule has 0 aliphatic rings. The van der Waals surface area contributed by atoms with Gasteiger partial charge in [0.1, 0.15) is 15.8 Å². The minimum Gasteiger partial charge on any atom is -0.276 e. The zero-order valence-electron chi connectivity index (χ0n) is 15.3. The molecule has 148 valence electrons. The van der Waals surface area contributed by atoms with Gasteiger partial charge in [-0.15, -0.1) is 11.3 Å². The van der Waals surface area contributed by atoms with Crippen LogP contribution in [0.2, 0.25) is 0 Å². The van der Waals surface area contributed by atoms with Gasteiger partial charge in [0, 0.05) is 11.1 Å². The quantitative estimate of drug-likeness (QED) is 0.469. The van der Waals surface area contributed by atoms with Crippen LogP contribution in [-0.4, -0.2) is 13.4 Å². The number of hydrogen-bond acceptors (Lipinski definition) is 4. The number of thiophene rings is 1. The van der Waals surface area contributed by atoms with Crippen LogP contribution in [0.3, 0.4) is 0 Å². The number of sulfonamides is 1. The molecule has 1 N–H and O–H groups in total. The SMILES string of the molecule is Cc1cc(Cc2ccc(NS(=O)(=O)c3cccs3)c(F)c2)c2cc(F)ccc2n1. The molecule has 0 bridgehead atoms. The summed E-state index contributed by atoms with van der Waals surface area (Å²) < 4.78 is 55.3. The van der Waals surface area contributed by atoms with Crippen molar-refractivity contribution in [3.63, 3.8) is 0 Å². The van der Waals surface area contributed by atoms with E-state index >= 15 is 0 Å². The number of pyridine rings is 1. The highest BCUT2D eigenvalue weighted by atomic mass is 32.2. The topological polar surface area (TPSA) is 59.1 Å². The van der Waals surface area contributed by atoms with Gasteiger partial charge in [0.15, 0.2) is 0 Å². The smallest absolute Gasteiger partial charge is 0.271 e. The molecule has 2 heterocycles. The zero-order chi connectivity index (χ0) is 20.6. The lowest BCUT2D eigenvalue weighted by atomic mass is 10.00. The normalized spacial score (nSPS) is 11.7. The first kappa shape index (κ1) is 19.5.